The van der Waals surface area contributed by atoms with Crippen LogP contribution in [0.2, 0.25) is 0 Å². The van der Waals surface area contributed by atoms with Gasteiger partial charge in [0.05, 0.1) is 7.11 Å². The number of nitrogen functional groups attached to an aromatic ring is 1. The van der Waals surface area contributed by atoms with Crippen LogP contribution in [0, 0.1) is 5.92 Å². The largest absolute Gasteiger partial charge is 0.495 e. The maximum atomic E-state index is 12.3. The van der Waals surface area contributed by atoms with Crippen molar-refractivity contribution in [2.75, 3.05) is 12.8 Å². The molecule has 1 aliphatic rings. The number of halogens is 1. The van der Waals surface area contributed by atoms with Crippen molar-refractivity contribution in [3.05, 3.63) is 16.6 Å². The van der Waals surface area contributed by atoms with Crippen molar-refractivity contribution in [3.8, 4) is 5.75 Å². The van der Waals surface area contributed by atoms with E-state index in [9.17, 15) is 8.42 Å². The predicted molar refractivity (Wildman–Crippen MR) is 77.6 cm³/mol. The molecule has 1 aromatic rings. The van der Waals surface area contributed by atoms with Crippen LogP contribution in [0.15, 0.2) is 21.5 Å². The molecule has 0 radical (unpaired) electrons. The molecule has 0 saturated heterocycles. The average Bonchev–Trinajstić information content (AvgIpc) is 2.29. The van der Waals surface area contributed by atoms with Crippen molar-refractivity contribution in [1.29, 1.82) is 0 Å². The second kappa shape index (κ2) is 5.30. The number of anilines is 1. The molecule has 0 unspecified atom stereocenters. The number of nitrogens with two attached hydrogens (primary N) is 1. The summed E-state index contributed by atoms with van der Waals surface area (Å²) in [5.41, 5.74) is 6.11. The standard InChI is InChI=1S/C12H17BrN2O3S/c1-7-3-8(4-7)15-19(16,17)12-6-10(14)9(13)5-11(12)18-2/h5-8,15H,3-4,14H2,1-2H3. The zero-order valence-electron chi connectivity index (χ0n) is 10.8. The summed E-state index contributed by atoms with van der Waals surface area (Å²) in [4.78, 5) is 0.0789. The summed E-state index contributed by atoms with van der Waals surface area (Å²) in [5, 5.41) is 0. The lowest BCUT2D eigenvalue weighted by atomic mass is 9.83. The van der Waals surface area contributed by atoms with E-state index in [0.29, 0.717) is 16.1 Å². The molecule has 0 aliphatic heterocycles. The Morgan fingerprint density at radius 2 is 2.05 bits per heavy atom. The average molecular weight is 349 g/mol. The Hall–Kier alpha value is -0.790. The topological polar surface area (TPSA) is 81.4 Å². The van der Waals surface area contributed by atoms with E-state index in [1.807, 2.05) is 0 Å². The molecule has 0 atom stereocenters. The Morgan fingerprint density at radius 1 is 1.42 bits per heavy atom. The van der Waals surface area contributed by atoms with E-state index in [2.05, 4.69) is 27.6 Å². The van der Waals surface area contributed by atoms with Gasteiger partial charge in [0, 0.05) is 16.2 Å². The van der Waals surface area contributed by atoms with Gasteiger partial charge >= 0.3 is 0 Å². The van der Waals surface area contributed by atoms with Crippen molar-refractivity contribution in [1.82, 2.24) is 4.72 Å². The zero-order chi connectivity index (χ0) is 14.2. The van der Waals surface area contributed by atoms with Crippen LogP contribution in [0.3, 0.4) is 0 Å². The van der Waals surface area contributed by atoms with Crippen molar-refractivity contribution >= 4 is 31.6 Å². The maximum absolute atomic E-state index is 12.3. The lowest BCUT2D eigenvalue weighted by molar-refractivity contribution is 0.270. The second-order valence-corrected chi connectivity index (χ2v) is 7.46. The van der Waals surface area contributed by atoms with E-state index in [1.165, 1.54) is 13.2 Å². The molecule has 7 heteroatoms. The highest BCUT2D eigenvalue weighted by molar-refractivity contribution is 9.10. The third-order valence-corrected chi connectivity index (χ3v) is 5.50. The summed E-state index contributed by atoms with van der Waals surface area (Å²) in [6.07, 6.45) is 1.74. The van der Waals surface area contributed by atoms with Gasteiger partial charge in [-0.05, 0) is 46.8 Å². The molecule has 0 spiro atoms. The second-order valence-electron chi connectivity index (χ2n) is 4.92. The summed E-state index contributed by atoms with van der Waals surface area (Å²) in [7, 11) is -2.17. The van der Waals surface area contributed by atoms with Gasteiger partial charge in [0.25, 0.3) is 0 Å². The Bertz CT molecular complexity index is 583. The van der Waals surface area contributed by atoms with Gasteiger partial charge in [0.2, 0.25) is 10.0 Å². The molecule has 19 heavy (non-hydrogen) atoms. The van der Waals surface area contributed by atoms with E-state index in [0.717, 1.165) is 12.8 Å². The number of nitrogens with one attached hydrogen (secondary N) is 1. The van der Waals surface area contributed by atoms with Crippen LogP contribution in [0.4, 0.5) is 5.69 Å². The summed E-state index contributed by atoms with van der Waals surface area (Å²) in [6, 6.07) is 2.98. The minimum Gasteiger partial charge on any atom is -0.495 e. The summed E-state index contributed by atoms with van der Waals surface area (Å²) in [5.74, 6) is 0.852. The highest BCUT2D eigenvalue weighted by Crippen LogP contribution is 2.34. The molecule has 3 N–H and O–H groups in total. The number of sulfonamides is 1. The fourth-order valence-corrected chi connectivity index (χ4v) is 3.97. The molecule has 1 aromatic carbocycles. The predicted octanol–water partition coefficient (Wildman–Crippen LogP) is 2.12. The van der Waals surface area contributed by atoms with Gasteiger partial charge in [-0.1, -0.05) is 6.92 Å². The van der Waals surface area contributed by atoms with Crippen molar-refractivity contribution in [2.24, 2.45) is 5.92 Å². The first-order valence-electron chi connectivity index (χ1n) is 5.99. The van der Waals surface area contributed by atoms with Crippen molar-refractivity contribution in [3.63, 3.8) is 0 Å². The Morgan fingerprint density at radius 3 is 2.58 bits per heavy atom. The number of ether oxygens (including phenoxy) is 1. The number of methoxy groups -OCH3 is 1. The summed E-state index contributed by atoms with van der Waals surface area (Å²) in [6.45, 7) is 2.10. The normalized spacial score (nSPS) is 22.9. The summed E-state index contributed by atoms with van der Waals surface area (Å²) < 4.78 is 33.1. The van der Waals surface area contributed by atoms with E-state index < -0.39 is 10.0 Å². The van der Waals surface area contributed by atoms with Crippen LogP contribution < -0.4 is 15.2 Å². The van der Waals surface area contributed by atoms with Gasteiger partial charge < -0.3 is 10.5 Å². The Balaban J connectivity index is 2.31. The van der Waals surface area contributed by atoms with Gasteiger partial charge in [-0.3, -0.25) is 0 Å². The van der Waals surface area contributed by atoms with Gasteiger partial charge in [0.1, 0.15) is 10.6 Å². The molecule has 106 valence electrons. The maximum Gasteiger partial charge on any atom is 0.244 e. The van der Waals surface area contributed by atoms with Crippen LogP contribution in [0.25, 0.3) is 0 Å². The Labute approximate surface area is 121 Å². The van der Waals surface area contributed by atoms with E-state index in [4.69, 9.17) is 10.5 Å². The molecule has 0 heterocycles. The first kappa shape index (κ1) is 14.6. The van der Waals surface area contributed by atoms with Gasteiger partial charge in [-0.2, -0.15) is 0 Å². The van der Waals surface area contributed by atoms with Gasteiger partial charge in [-0.25, -0.2) is 13.1 Å². The molecule has 2 rings (SSSR count). The lowest BCUT2D eigenvalue weighted by Gasteiger charge is -2.33. The number of hydrogen-bond acceptors (Lipinski definition) is 4. The fraction of sp³-hybridized carbons (Fsp3) is 0.500. The molecule has 5 nitrogen and oxygen atoms in total. The molecular weight excluding hydrogens is 332 g/mol. The van der Waals surface area contributed by atoms with E-state index in [-0.39, 0.29) is 16.7 Å². The lowest BCUT2D eigenvalue weighted by Crippen LogP contribution is -2.43. The molecule has 1 fully saturated rings. The molecule has 0 aromatic heterocycles. The SMILES string of the molecule is COc1cc(Br)c(N)cc1S(=O)(=O)NC1CC(C)C1. The van der Waals surface area contributed by atoms with E-state index >= 15 is 0 Å². The van der Waals surface area contributed by atoms with Gasteiger partial charge in [-0.15, -0.1) is 0 Å². The van der Waals surface area contributed by atoms with Crippen LogP contribution in [-0.4, -0.2) is 21.6 Å². The minimum absolute atomic E-state index is 0.00887. The van der Waals surface area contributed by atoms with Crippen LogP contribution >= 0.6 is 15.9 Å². The van der Waals surface area contributed by atoms with Crippen LogP contribution in [0.5, 0.6) is 5.75 Å². The smallest absolute Gasteiger partial charge is 0.244 e. The zero-order valence-corrected chi connectivity index (χ0v) is 13.2. The molecule has 0 amide bonds. The number of hydrogen-bond donors (Lipinski definition) is 2. The first-order valence-corrected chi connectivity index (χ1v) is 8.26. The number of benzene rings is 1. The third-order valence-electron chi connectivity index (χ3n) is 3.27. The number of rotatable bonds is 4. The highest BCUT2D eigenvalue weighted by atomic mass is 79.9. The van der Waals surface area contributed by atoms with Crippen molar-refractivity contribution in [2.45, 2.75) is 30.7 Å². The fourth-order valence-electron chi connectivity index (χ4n) is 2.20. The van der Waals surface area contributed by atoms with E-state index in [1.54, 1.807) is 6.07 Å². The monoisotopic (exact) mass is 348 g/mol. The molecule has 0 bridgehead atoms. The summed E-state index contributed by atoms with van der Waals surface area (Å²) >= 11 is 3.25. The molecule has 1 aliphatic carbocycles. The first-order chi connectivity index (χ1) is 8.83. The Kier molecular flexibility index (Phi) is 4.08. The van der Waals surface area contributed by atoms with Crippen molar-refractivity contribution < 1.29 is 13.2 Å². The molecular formula is C12H17BrN2O3S. The van der Waals surface area contributed by atoms with Gasteiger partial charge in [0.15, 0.2) is 0 Å². The molecule has 1 saturated carbocycles. The third kappa shape index (κ3) is 3.04. The quantitative estimate of drug-likeness (QED) is 0.816. The highest BCUT2D eigenvalue weighted by Gasteiger charge is 2.31. The minimum atomic E-state index is -3.60. The van der Waals surface area contributed by atoms with Crippen LogP contribution in [-0.2, 0) is 10.0 Å². The van der Waals surface area contributed by atoms with Crippen LogP contribution in [0.1, 0.15) is 19.8 Å².